The first-order valence-electron chi connectivity index (χ1n) is 18.4. The fourth-order valence-electron chi connectivity index (χ4n) is 5.36. The molecule has 0 aliphatic carbocycles. The molecule has 0 heterocycles. The van der Waals surface area contributed by atoms with Crippen LogP contribution in [0.4, 0.5) is 35.1 Å². The van der Waals surface area contributed by atoms with Crippen molar-refractivity contribution in [2.75, 3.05) is 39.6 Å². The summed E-state index contributed by atoms with van der Waals surface area (Å²) in [6, 6.07) is 10.8. The van der Waals surface area contributed by atoms with E-state index in [1.165, 1.54) is 18.2 Å². The molecule has 0 amide bonds. The Morgan fingerprint density at radius 3 is 1.63 bits per heavy atom. The highest BCUT2D eigenvalue weighted by Crippen LogP contribution is 2.49. The van der Waals surface area contributed by atoms with Gasteiger partial charge in [0.1, 0.15) is 53.4 Å². The van der Waals surface area contributed by atoms with E-state index in [1.807, 2.05) is 0 Å². The summed E-state index contributed by atoms with van der Waals surface area (Å²) in [5, 5.41) is 0. The molecular formula is C44H36F8O11. The van der Waals surface area contributed by atoms with Crippen molar-refractivity contribution in [3.63, 3.8) is 0 Å². The van der Waals surface area contributed by atoms with Gasteiger partial charge in [0.05, 0.1) is 43.1 Å². The van der Waals surface area contributed by atoms with Crippen LogP contribution in [0.5, 0.6) is 23.0 Å². The van der Waals surface area contributed by atoms with Crippen LogP contribution < -0.4 is 18.9 Å². The molecule has 4 rings (SSSR count). The molecule has 0 saturated carbocycles. The molecule has 0 aromatic heterocycles. The van der Waals surface area contributed by atoms with Crippen molar-refractivity contribution in [1.29, 1.82) is 0 Å². The third-order valence-electron chi connectivity index (χ3n) is 8.18. The number of rotatable bonds is 21. The molecule has 0 aliphatic heterocycles. The highest BCUT2D eigenvalue weighted by Gasteiger charge is 2.48. The highest BCUT2D eigenvalue weighted by atomic mass is 19.4. The Labute approximate surface area is 354 Å². The van der Waals surface area contributed by atoms with E-state index in [4.69, 9.17) is 33.2 Å². The average molecular weight is 893 g/mol. The van der Waals surface area contributed by atoms with Crippen LogP contribution in [-0.4, -0.2) is 63.5 Å². The number of benzene rings is 4. The van der Waals surface area contributed by atoms with Crippen LogP contribution in [0.15, 0.2) is 110 Å². The normalized spacial score (nSPS) is 11.4. The number of halogens is 8. The van der Waals surface area contributed by atoms with Gasteiger partial charge >= 0.3 is 36.2 Å². The fourth-order valence-corrected chi connectivity index (χ4v) is 5.36. The molecule has 4 aromatic carbocycles. The molecule has 0 spiro atoms. The van der Waals surface area contributed by atoms with Gasteiger partial charge in [-0.1, -0.05) is 43.5 Å². The molecule has 0 radical (unpaired) electrons. The van der Waals surface area contributed by atoms with Gasteiger partial charge in [0.2, 0.25) is 0 Å². The topological polar surface area (TPSA) is 133 Å². The SMILES string of the molecule is C=CC(=O)OCCC=CCCOc1ccc(-c2ccc(OC(=O)c3ccc(OC(=O)c4ccc(OCCOCCOC(=O)C=C)cc4F)cc3F)c(C(F)(F)F)c2C(F)(F)F)cc1. The van der Waals surface area contributed by atoms with E-state index in [-0.39, 0.29) is 56.7 Å². The summed E-state index contributed by atoms with van der Waals surface area (Å²) in [5.74, 6) is -8.94. The predicted octanol–water partition coefficient (Wildman–Crippen LogP) is 9.68. The molecule has 0 aliphatic rings. The zero-order valence-corrected chi connectivity index (χ0v) is 32.8. The summed E-state index contributed by atoms with van der Waals surface area (Å²) in [7, 11) is 0. The average Bonchev–Trinajstić information content (AvgIpc) is 3.23. The van der Waals surface area contributed by atoms with Crippen molar-refractivity contribution in [3.05, 3.63) is 144 Å². The van der Waals surface area contributed by atoms with Gasteiger partial charge in [0.25, 0.3) is 0 Å². The number of hydrogen-bond acceptors (Lipinski definition) is 11. The lowest BCUT2D eigenvalue weighted by Gasteiger charge is -2.22. The minimum absolute atomic E-state index is 0.00834. The third-order valence-corrected chi connectivity index (χ3v) is 8.18. The lowest BCUT2D eigenvalue weighted by molar-refractivity contribution is -0.162. The molecule has 334 valence electrons. The van der Waals surface area contributed by atoms with Gasteiger partial charge in [-0.3, -0.25) is 0 Å². The number of ether oxygens (including phenoxy) is 7. The van der Waals surface area contributed by atoms with Gasteiger partial charge in [0, 0.05) is 24.3 Å². The third kappa shape index (κ3) is 14.6. The highest BCUT2D eigenvalue weighted by molar-refractivity contribution is 5.93. The molecule has 4 aromatic rings. The zero-order valence-electron chi connectivity index (χ0n) is 32.8. The second-order valence-electron chi connectivity index (χ2n) is 12.5. The molecule has 63 heavy (non-hydrogen) atoms. The van der Waals surface area contributed by atoms with Crippen molar-refractivity contribution in [3.8, 4) is 34.1 Å². The Hall–Kier alpha value is -7.02. The Morgan fingerprint density at radius 1 is 0.540 bits per heavy atom. The largest absolute Gasteiger partial charge is 0.493 e. The first-order valence-corrected chi connectivity index (χ1v) is 18.4. The lowest BCUT2D eigenvalue weighted by atomic mass is 9.93. The van der Waals surface area contributed by atoms with Crippen LogP contribution >= 0.6 is 0 Å². The van der Waals surface area contributed by atoms with Crippen molar-refractivity contribution in [2.45, 2.75) is 25.2 Å². The van der Waals surface area contributed by atoms with Gasteiger partial charge in [0.15, 0.2) is 0 Å². The van der Waals surface area contributed by atoms with E-state index in [1.54, 1.807) is 12.2 Å². The summed E-state index contributed by atoms with van der Waals surface area (Å²) in [5.41, 5.74) is -7.41. The van der Waals surface area contributed by atoms with Gasteiger partial charge in [-0.25, -0.2) is 28.0 Å². The molecule has 0 N–H and O–H groups in total. The van der Waals surface area contributed by atoms with Gasteiger partial charge < -0.3 is 33.2 Å². The maximum Gasteiger partial charge on any atom is 0.420 e. The van der Waals surface area contributed by atoms with Gasteiger partial charge in [-0.2, -0.15) is 26.3 Å². The predicted molar refractivity (Wildman–Crippen MR) is 207 cm³/mol. The summed E-state index contributed by atoms with van der Waals surface area (Å²) < 4.78 is 152. The van der Waals surface area contributed by atoms with Crippen molar-refractivity contribution in [1.82, 2.24) is 0 Å². The van der Waals surface area contributed by atoms with Crippen molar-refractivity contribution in [2.24, 2.45) is 0 Å². The molecule has 0 unspecified atom stereocenters. The Morgan fingerprint density at radius 2 is 1.05 bits per heavy atom. The molecule has 0 fully saturated rings. The standard InChI is InChI=1S/C44H36F8O11/c1-3-37(53)60-20-8-6-5-7-19-58-28-11-9-27(10-12-28)31-17-18-36(40(44(50,51)52)39(31)43(47,48)49)63-42(56)33-16-14-30(26-35(33)46)62-41(55)32-15-13-29(25-34(32)45)59-23-21-57-22-24-61-38(54)4-2/h3-6,9-18,25-26H,1-2,7-8,19-24H2. The number of hydrogen-bond donors (Lipinski definition) is 0. The fraction of sp³-hybridized carbons (Fsp3) is 0.227. The molecule has 0 saturated heterocycles. The summed E-state index contributed by atoms with van der Waals surface area (Å²) in [6.07, 6.45) is -5.07. The van der Waals surface area contributed by atoms with E-state index in [9.17, 15) is 49.9 Å². The minimum atomic E-state index is -5.74. The number of esters is 4. The Bertz CT molecular complexity index is 2300. The van der Waals surface area contributed by atoms with Crippen LogP contribution in [0.25, 0.3) is 11.1 Å². The van der Waals surface area contributed by atoms with E-state index < -0.39 is 87.2 Å². The summed E-state index contributed by atoms with van der Waals surface area (Å²) >= 11 is 0. The lowest BCUT2D eigenvalue weighted by Crippen LogP contribution is -2.21. The quantitative estimate of drug-likeness (QED) is 0.0198. The maximum absolute atomic E-state index is 15.1. The molecule has 11 nitrogen and oxygen atoms in total. The van der Waals surface area contributed by atoms with Crippen molar-refractivity contribution >= 4 is 23.9 Å². The molecule has 0 bridgehead atoms. The first kappa shape index (κ1) is 48.6. The molecule has 0 atom stereocenters. The van der Waals surface area contributed by atoms with Gasteiger partial charge in [-0.05, 0) is 66.4 Å². The second kappa shape index (κ2) is 22.7. The number of carbonyl (C=O) groups excluding carboxylic acids is 4. The van der Waals surface area contributed by atoms with Crippen LogP contribution in [0, 0.1) is 11.6 Å². The maximum atomic E-state index is 15.1. The van der Waals surface area contributed by atoms with Crippen LogP contribution in [0.2, 0.25) is 0 Å². The summed E-state index contributed by atoms with van der Waals surface area (Å²) in [6.45, 7) is 6.79. The van der Waals surface area contributed by atoms with Crippen molar-refractivity contribution < 1.29 is 87.5 Å². The minimum Gasteiger partial charge on any atom is -0.493 e. The van der Waals surface area contributed by atoms with Crippen LogP contribution in [0.1, 0.15) is 44.7 Å². The monoisotopic (exact) mass is 892 g/mol. The zero-order chi connectivity index (χ0) is 46.2. The number of alkyl halides is 6. The van der Waals surface area contributed by atoms with E-state index in [0.29, 0.717) is 37.1 Å². The number of carbonyl (C=O) groups is 4. The molecule has 19 heteroatoms. The Kier molecular flexibility index (Phi) is 17.5. The van der Waals surface area contributed by atoms with Gasteiger partial charge in [-0.15, -0.1) is 0 Å². The van der Waals surface area contributed by atoms with Crippen LogP contribution in [-0.2, 0) is 36.2 Å². The summed E-state index contributed by atoms with van der Waals surface area (Å²) in [4.78, 5) is 47.6. The molecular weight excluding hydrogens is 856 g/mol. The van der Waals surface area contributed by atoms with E-state index in [2.05, 4.69) is 13.2 Å². The van der Waals surface area contributed by atoms with Crippen LogP contribution in [0.3, 0.4) is 0 Å². The van der Waals surface area contributed by atoms with E-state index in [0.717, 1.165) is 42.5 Å². The smallest absolute Gasteiger partial charge is 0.420 e. The Balaban J connectivity index is 1.42. The first-order chi connectivity index (χ1) is 29.9. The second-order valence-corrected chi connectivity index (χ2v) is 12.5. The van der Waals surface area contributed by atoms with E-state index >= 15 is 4.39 Å².